The molecule has 0 spiro atoms. The van der Waals surface area contributed by atoms with Crippen LogP contribution in [0.25, 0.3) is 0 Å². The lowest BCUT2D eigenvalue weighted by Crippen LogP contribution is -2.16. The summed E-state index contributed by atoms with van der Waals surface area (Å²) >= 11 is 1.06. The van der Waals surface area contributed by atoms with Crippen molar-refractivity contribution in [3.05, 3.63) is 46.0 Å². The minimum absolute atomic E-state index is 0.117. The molecule has 3 nitrogen and oxygen atoms in total. The Balaban J connectivity index is 2.30. The summed E-state index contributed by atoms with van der Waals surface area (Å²) in [7, 11) is 0. The predicted octanol–water partition coefficient (Wildman–Crippen LogP) is 3.39. The van der Waals surface area contributed by atoms with Gasteiger partial charge in [0.2, 0.25) is 0 Å². The summed E-state index contributed by atoms with van der Waals surface area (Å²) in [4.78, 5) is 0.556. The highest BCUT2D eigenvalue weighted by molar-refractivity contribution is 7.05. The number of nitrogens with zero attached hydrogens (tertiary/aromatic N) is 2. The maximum Gasteiger partial charge on any atom is 0.129 e. The quantitative estimate of drug-likeness (QED) is 0.944. The summed E-state index contributed by atoms with van der Waals surface area (Å²) in [5.41, 5.74) is 0.261. The number of aliphatic hydroxyl groups is 1. The molecule has 0 aliphatic rings. The van der Waals surface area contributed by atoms with Crippen LogP contribution < -0.4 is 0 Å². The molecule has 0 amide bonds. The molecule has 1 unspecified atom stereocenters. The van der Waals surface area contributed by atoms with Crippen molar-refractivity contribution in [2.45, 2.75) is 38.7 Å². The number of hydrogen-bond donors (Lipinski definition) is 1. The van der Waals surface area contributed by atoms with E-state index in [1.165, 1.54) is 18.2 Å². The van der Waals surface area contributed by atoms with Gasteiger partial charge in [0.05, 0.1) is 16.7 Å². The zero-order valence-electron chi connectivity index (χ0n) is 11.5. The zero-order chi connectivity index (χ0) is 14.9. The minimum Gasteiger partial charge on any atom is -0.387 e. The Morgan fingerprint density at radius 3 is 2.40 bits per heavy atom. The molecule has 1 N–H and O–H groups in total. The van der Waals surface area contributed by atoms with E-state index < -0.39 is 17.7 Å². The Labute approximate surface area is 120 Å². The van der Waals surface area contributed by atoms with Crippen LogP contribution >= 0.6 is 11.5 Å². The number of halogens is 2. The van der Waals surface area contributed by atoms with Crippen LogP contribution in [0.1, 0.15) is 43.0 Å². The van der Waals surface area contributed by atoms with Crippen LogP contribution in [0.2, 0.25) is 0 Å². The van der Waals surface area contributed by atoms with E-state index in [1.54, 1.807) is 0 Å². The van der Waals surface area contributed by atoms with Gasteiger partial charge in [-0.1, -0.05) is 31.3 Å². The van der Waals surface area contributed by atoms with Crippen LogP contribution in [0, 0.1) is 11.6 Å². The van der Waals surface area contributed by atoms with E-state index in [0.717, 1.165) is 11.5 Å². The van der Waals surface area contributed by atoms with Crippen molar-refractivity contribution < 1.29 is 13.9 Å². The van der Waals surface area contributed by atoms with Crippen LogP contribution in [0.4, 0.5) is 8.78 Å². The molecule has 1 aromatic heterocycles. The van der Waals surface area contributed by atoms with Crippen molar-refractivity contribution in [1.29, 1.82) is 0 Å². The smallest absolute Gasteiger partial charge is 0.129 e. The normalized spacial score (nSPS) is 13.5. The van der Waals surface area contributed by atoms with E-state index in [2.05, 4.69) is 9.59 Å². The highest BCUT2D eigenvalue weighted by Gasteiger charge is 2.27. The van der Waals surface area contributed by atoms with Crippen molar-refractivity contribution in [3.8, 4) is 0 Å². The molecule has 1 aromatic carbocycles. The molecule has 0 saturated carbocycles. The molecule has 20 heavy (non-hydrogen) atoms. The first-order chi connectivity index (χ1) is 9.30. The third kappa shape index (κ3) is 3.02. The van der Waals surface area contributed by atoms with Gasteiger partial charge in [-0.15, -0.1) is 5.10 Å². The lowest BCUT2D eigenvalue weighted by molar-refractivity contribution is 0.176. The van der Waals surface area contributed by atoms with Gasteiger partial charge < -0.3 is 5.11 Å². The minimum atomic E-state index is -1.02. The maximum absolute atomic E-state index is 13.6. The van der Waals surface area contributed by atoms with Gasteiger partial charge in [-0.25, -0.2) is 8.78 Å². The van der Waals surface area contributed by atoms with Crippen LogP contribution in [0.15, 0.2) is 18.2 Å². The van der Waals surface area contributed by atoms with E-state index in [9.17, 15) is 13.9 Å². The van der Waals surface area contributed by atoms with Gasteiger partial charge >= 0.3 is 0 Å². The molecule has 0 aliphatic heterocycles. The van der Waals surface area contributed by atoms with E-state index in [0.29, 0.717) is 10.6 Å². The Bertz CT molecular complexity index is 587. The van der Waals surface area contributed by atoms with E-state index in [1.807, 2.05) is 20.8 Å². The van der Waals surface area contributed by atoms with E-state index >= 15 is 0 Å². The molecule has 2 rings (SSSR count). The Hall–Kier alpha value is -1.40. The number of aromatic nitrogens is 2. The third-order valence-corrected chi connectivity index (χ3v) is 3.81. The Morgan fingerprint density at radius 1 is 1.25 bits per heavy atom. The van der Waals surface area contributed by atoms with Crippen molar-refractivity contribution in [2.24, 2.45) is 0 Å². The molecule has 0 aliphatic carbocycles. The molecule has 1 atom stereocenters. The second-order valence-corrected chi connectivity index (χ2v) is 6.44. The topological polar surface area (TPSA) is 46.0 Å². The highest BCUT2D eigenvalue weighted by atomic mass is 32.1. The zero-order valence-corrected chi connectivity index (χ0v) is 12.3. The number of aliphatic hydroxyl groups excluding tert-OH is 1. The van der Waals surface area contributed by atoms with Gasteiger partial charge in [-0.05, 0) is 23.7 Å². The van der Waals surface area contributed by atoms with Crippen molar-refractivity contribution >= 4 is 11.5 Å². The largest absolute Gasteiger partial charge is 0.387 e. The van der Waals surface area contributed by atoms with Crippen LogP contribution in [0.5, 0.6) is 0 Å². The average Bonchev–Trinajstić information content (AvgIpc) is 2.82. The fourth-order valence-electron chi connectivity index (χ4n) is 1.95. The van der Waals surface area contributed by atoms with Crippen molar-refractivity contribution in [3.63, 3.8) is 0 Å². The molecule has 0 bridgehead atoms. The standard InChI is InChI=1S/C14H16F2N2OS/c1-14(2,3)13-12(20-18-17-13)11(19)7-8-9(15)5-4-6-10(8)16/h4-6,11,19H,7H2,1-3H3. The lowest BCUT2D eigenvalue weighted by atomic mass is 9.89. The third-order valence-electron chi connectivity index (χ3n) is 2.99. The molecular weight excluding hydrogens is 282 g/mol. The van der Waals surface area contributed by atoms with Crippen LogP contribution in [0.3, 0.4) is 0 Å². The maximum atomic E-state index is 13.6. The van der Waals surface area contributed by atoms with E-state index in [4.69, 9.17) is 0 Å². The number of benzene rings is 1. The van der Waals surface area contributed by atoms with Gasteiger partial charge in [0.1, 0.15) is 11.6 Å². The lowest BCUT2D eigenvalue weighted by Gasteiger charge is -2.19. The van der Waals surface area contributed by atoms with Crippen molar-refractivity contribution in [1.82, 2.24) is 9.59 Å². The monoisotopic (exact) mass is 298 g/mol. The molecule has 0 saturated heterocycles. The SMILES string of the molecule is CC(C)(C)c1nnsc1C(O)Cc1c(F)cccc1F. The summed E-state index contributed by atoms with van der Waals surface area (Å²) in [6, 6.07) is 3.66. The molecule has 1 heterocycles. The molecule has 0 fully saturated rings. The molecule has 0 radical (unpaired) electrons. The summed E-state index contributed by atoms with van der Waals surface area (Å²) in [6.07, 6.45) is -1.15. The predicted molar refractivity (Wildman–Crippen MR) is 73.6 cm³/mol. The summed E-state index contributed by atoms with van der Waals surface area (Å²) in [6.45, 7) is 5.84. The summed E-state index contributed by atoms with van der Waals surface area (Å²) in [5, 5.41) is 14.3. The number of hydrogen-bond acceptors (Lipinski definition) is 4. The molecule has 108 valence electrons. The first kappa shape index (κ1) is 15.0. The average molecular weight is 298 g/mol. The second-order valence-electron chi connectivity index (χ2n) is 5.66. The summed E-state index contributed by atoms with van der Waals surface area (Å²) < 4.78 is 31.1. The Kier molecular flexibility index (Phi) is 4.15. The first-order valence-corrected chi connectivity index (χ1v) is 7.01. The van der Waals surface area contributed by atoms with Gasteiger partial charge in [0, 0.05) is 17.4 Å². The molecule has 6 heteroatoms. The van der Waals surface area contributed by atoms with Crippen LogP contribution in [-0.2, 0) is 11.8 Å². The first-order valence-electron chi connectivity index (χ1n) is 6.24. The second kappa shape index (κ2) is 5.54. The fourth-order valence-corrected chi connectivity index (χ4v) is 2.80. The van der Waals surface area contributed by atoms with Gasteiger partial charge in [0.15, 0.2) is 0 Å². The van der Waals surface area contributed by atoms with Crippen LogP contribution in [-0.4, -0.2) is 14.7 Å². The van der Waals surface area contributed by atoms with E-state index in [-0.39, 0.29) is 17.4 Å². The van der Waals surface area contributed by atoms with Gasteiger partial charge in [-0.2, -0.15) is 0 Å². The highest BCUT2D eigenvalue weighted by Crippen LogP contribution is 2.32. The summed E-state index contributed by atoms with van der Waals surface area (Å²) in [5.74, 6) is -1.31. The molecule has 2 aromatic rings. The van der Waals surface area contributed by atoms with Crippen molar-refractivity contribution in [2.75, 3.05) is 0 Å². The van der Waals surface area contributed by atoms with Gasteiger partial charge in [0.25, 0.3) is 0 Å². The Morgan fingerprint density at radius 2 is 1.85 bits per heavy atom. The van der Waals surface area contributed by atoms with Gasteiger partial charge in [-0.3, -0.25) is 0 Å². The molecular formula is C14H16F2N2OS. The number of rotatable bonds is 3. The fraction of sp³-hybridized carbons (Fsp3) is 0.429.